The summed E-state index contributed by atoms with van der Waals surface area (Å²) < 4.78 is 49.4. The molecule has 0 aromatic heterocycles. The largest absolute Gasteiger partial charge is 0.463 e. The molecule has 0 saturated carbocycles. The van der Waals surface area contributed by atoms with Gasteiger partial charge in [-0.15, -0.1) is 0 Å². The molecule has 9 atom stereocenters. The van der Waals surface area contributed by atoms with Gasteiger partial charge in [-0.05, 0) is 12.2 Å². The quantitative estimate of drug-likeness (QED) is 0.137. The number of aliphatic imine (C=N–C) groups is 1. The van der Waals surface area contributed by atoms with E-state index < -0.39 is 97.7 Å². The third-order valence-corrected chi connectivity index (χ3v) is 5.55. The van der Waals surface area contributed by atoms with Gasteiger partial charge >= 0.3 is 35.8 Å². The van der Waals surface area contributed by atoms with Crippen LogP contribution < -0.4 is 0 Å². The predicted octanol–water partition coefficient (Wildman–Crippen LogP) is -0.223. The SMILES string of the molecule is CC(=O)OC[C@H]1O[C@H](N=C=S)[C@H](OC(C)=O)[C@@H](OC(C)=O)[C@@H]1O[C@H]1OC[C@@H](OC(C)=O)[C@H](OC(C)=O)[C@H]1OC(C)=O. The minimum atomic E-state index is -1.56. The van der Waals surface area contributed by atoms with Crippen LogP contribution in [0, 0.1) is 0 Å². The Morgan fingerprint density at radius 3 is 1.73 bits per heavy atom. The van der Waals surface area contributed by atoms with Gasteiger partial charge in [0.15, 0.2) is 43.0 Å². The number of carbonyl (C=O) groups excluding carboxylic acids is 6. The van der Waals surface area contributed by atoms with Crippen LogP contribution in [0.25, 0.3) is 0 Å². The van der Waals surface area contributed by atoms with Crippen LogP contribution in [0.3, 0.4) is 0 Å². The Morgan fingerprint density at radius 2 is 1.22 bits per heavy atom. The Hall–Kier alpha value is -3.50. The third-order valence-electron chi connectivity index (χ3n) is 5.44. The molecule has 2 rings (SSSR count). The molecule has 2 saturated heterocycles. The highest BCUT2D eigenvalue weighted by atomic mass is 32.1. The lowest BCUT2D eigenvalue weighted by Crippen LogP contribution is -2.65. The Balaban J connectivity index is 2.58. The summed E-state index contributed by atoms with van der Waals surface area (Å²) in [6, 6.07) is 0. The fourth-order valence-corrected chi connectivity index (χ4v) is 4.28. The molecule has 0 amide bonds. The van der Waals surface area contributed by atoms with Crippen LogP contribution in [0.5, 0.6) is 0 Å². The molecule has 2 fully saturated rings. The highest BCUT2D eigenvalue weighted by Crippen LogP contribution is 2.33. The molecule has 0 N–H and O–H groups in total. The first kappa shape index (κ1) is 33.7. The lowest BCUT2D eigenvalue weighted by Gasteiger charge is -2.46. The molecular weight excluding hydrogens is 574 g/mol. The van der Waals surface area contributed by atoms with Crippen molar-refractivity contribution in [1.29, 1.82) is 0 Å². The second kappa shape index (κ2) is 15.5. The molecule has 0 unspecified atom stereocenters. The Kier molecular flexibility index (Phi) is 12.7. The van der Waals surface area contributed by atoms with E-state index >= 15 is 0 Å². The molecule has 0 aromatic rings. The average Bonchev–Trinajstić information content (AvgIpc) is 2.83. The maximum Gasteiger partial charge on any atom is 0.303 e. The number of hydrogen-bond donors (Lipinski definition) is 0. The van der Waals surface area contributed by atoms with Crippen LogP contribution in [-0.2, 0) is 71.4 Å². The summed E-state index contributed by atoms with van der Waals surface area (Å²) in [4.78, 5) is 75.1. The highest BCUT2D eigenvalue weighted by Gasteiger charge is 2.55. The van der Waals surface area contributed by atoms with Gasteiger partial charge in [-0.2, -0.15) is 4.99 Å². The van der Waals surface area contributed by atoms with Gasteiger partial charge in [-0.3, -0.25) is 28.8 Å². The second-order valence-electron chi connectivity index (χ2n) is 8.83. The number of isothiocyanates is 1. The standard InChI is InChI=1S/C24H31NO15S/c1-10(26)32-7-17-18(20(36-13(4)29)21(37-14(5)30)23(39-17)25-9-41)40-24-22(38-15(6)31)19(35-12(3)28)16(8-33-24)34-11(2)27/h16-24H,7-8H2,1-6H3/t16-,17-,18-,19+,20+,21-,22-,23+,24-/m1/s1. The van der Waals surface area contributed by atoms with E-state index in [0.29, 0.717) is 0 Å². The number of esters is 6. The first-order chi connectivity index (χ1) is 19.2. The van der Waals surface area contributed by atoms with Crippen LogP contribution in [0.4, 0.5) is 0 Å². The van der Waals surface area contributed by atoms with Gasteiger partial charge in [0.05, 0.1) is 11.8 Å². The minimum Gasteiger partial charge on any atom is -0.463 e. The zero-order valence-corrected chi connectivity index (χ0v) is 23.9. The van der Waals surface area contributed by atoms with Crippen LogP contribution in [0.2, 0.25) is 0 Å². The van der Waals surface area contributed by atoms with E-state index in [1.165, 1.54) is 0 Å². The van der Waals surface area contributed by atoms with Crippen molar-refractivity contribution in [2.75, 3.05) is 13.2 Å². The van der Waals surface area contributed by atoms with E-state index in [1.807, 2.05) is 0 Å². The van der Waals surface area contributed by atoms with E-state index in [9.17, 15) is 28.8 Å². The summed E-state index contributed by atoms with van der Waals surface area (Å²) in [6.07, 6.45) is -12.6. The van der Waals surface area contributed by atoms with Gasteiger partial charge in [0.1, 0.15) is 18.8 Å². The van der Waals surface area contributed by atoms with Gasteiger partial charge < -0.3 is 42.6 Å². The molecule has 0 aliphatic carbocycles. The molecule has 2 aliphatic heterocycles. The summed E-state index contributed by atoms with van der Waals surface area (Å²) in [5.74, 6) is -4.69. The van der Waals surface area contributed by atoms with E-state index in [0.717, 1.165) is 41.5 Å². The summed E-state index contributed by atoms with van der Waals surface area (Å²) >= 11 is 4.67. The van der Waals surface area contributed by atoms with Crippen molar-refractivity contribution in [1.82, 2.24) is 0 Å². The van der Waals surface area contributed by atoms with E-state index in [4.69, 9.17) is 42.6 Å². The number of thiocarbonyl (C=S) groups is 1. The number of nitrogens with zero attached hydrogens (tertiary/aromatic N) is 1. The smallest absolute Gasteiger partial charge is 0.303 e. The normalized spacial score (nSPS) is 30.9. The molecule has 0 spiro atoms. The van der Waals surface area contributed by atoms with Crippen molar-refractivity contribution in [2.45, 2.75) is 96.8 Å². The van der Waals surface area contributed by atoms with Crippen molar-refractivity contribution < 1.29 is 71.4 Å². The molecule has 0 radical (unpaired) electrons. The van der Waals surface area contributed by atoms with Crippen molar-refractivity contribution in [3.05, 3.63) is 0 Å². The van der Waals surface area contributed by atoms with Gasteiger partial charge in [-0.1, -0.05) is 0 Å². The second-order valence-corrected chi connectivity index (χ2v) is 9.02. The maximum absolute atomic E-state index is 12.1. The van der Waals surface area contributed by atoms with Crippen LogP contribution >= 0.6 is 12.2 Å². The summed E-state index contributed by atoms with van der Waals surface area (Å²) in [5.41, 5.74) is 0. The van der Waals surface area contributed by atoms with Crippen molar-refractivity contribution in [3.8, 4) is 0 Å². The molecule has 2 heterocycles. The fourth-order valence-electron chi connectivity index (χ4n) is 4.17. The zero-order chi connectivity index (χ0) is 30.9. The van der Waals surface area contributed by atoms with E-state index in [2.05, 4.69) is 22.4 Å². The lowest BCUT2D eigenvalue weighted by atomic mass is 9.96. The van der Waals surface area contributed by atoms with Crippen molar-refractivity contribution >= 4 is 53.2 Å². The summed E-state index contributed by atoms with van der Waals surface area (Å²) in [6.45, 7) is 5.72. The van der Waals surface area contributed by atoms with E-state index in [-0.39, 0.29) is 6.61 Å². The number of carbonyl (C=O) groups is 6. The minimum absolute atomic E-state index is 0.383. The van der Waals surface area contributed by atoms with Crippen molar-refractivity contribution in [3.63, 3.8) is 0 Å². The molecule has 0 aromatic carbocycles. The number of hydrogen-bond acceptors (Lipinski definition) is 17. The first-order valence-electron chi connectivity index (χ1n) is 12.2. The predicted molar refractivity (Wildman–Crippen MR) is 133 cm³/mol. The molecular formula is C24H31NO15S. The van der Waals surface area contributed by atoms with E-state index in [1.54, 1.807) is 0 Å². The first-order valence-corrected chi connectivity index (χ1v) is 12.6. The molecule has 17 heteroatoms. The summed E-state index contributed by atoms with van der Waals surface area (Å²) in [7, 11) is 0. The van der Waals surface area contributed by atoms with Crippen LogP contribution in [0.1, 0.15) is 41.5 Å². The van der Waals surface area contributed by atoms with Gasteiger partial charge in [0, 0.05) is 41.5 Å². The molecule has 16 nitrogen and oxygen atoms in total. The Bertz CT molecular complexity index is 1060. The Labute approximate surface area is 239 Å². The molecule has 41 heavy (non-hydrogen) atoms. The number of rotatable bonds is 10. The van der Waals surface area contributed by atoms with Gasteiger partial charge in [0.25, 0.3) is 0 Å². The monoisotopic (exact) mass is 605 g/mol. The average molecular weight is 606 g/mol. The topological polar surface area (TPSA) is 198 Å². The lowest BCUT2D eigenvalue weighted by molar-refractivity contribution is -0.327. The number of ether oxygens (including phenoxy) is 9. The Morgan fingerprint density at radius 1 is 0.707 bits per heavy atom. The van der Waals surface area contributed by atoms with Crippen LogP contribution in [-0.4, -0.2) is 109 Å². The van der Waals surface area contributed by atoms with Crippen LogP contribution in [0.15, 0.2) is 4.99 Å². The van der Waals surface area contributed by atoms with Gasteiger partial charge in [-0.25, -0.2) is 0 Å². The summed E-state index contributed by atoms with van der Waals surface area (Å²) in [5, 5.41) is 2.10. The maximum atomic E-state index is 12.1. The molecule has 0 bridgehead atoms. The van der Waals surface area contributed by atoms with Crippen molar-refractivity contribution in [2.24, 2.45) is 4.99 Å². The molecule has 228 valence electrons. The third kappa shape index (κ3) is 10.1. The molecule has 2 aliphatic rings. The fraction of sp³-hybridized carbons (Fsp3) is 0.708. The highest BCUT2D eigenvalue weighted by molar-refractivity contribution is 7.78. The van der Waals surface area contributed by atoms with Gasteiger partial charge in [0.2, 0.25) is 0 Å². The zero-order valence-electron chi connectivity index (χ0n) is 23.1.